The molecule has 0 bridgehead atoms. The molecule has 4 rings (SSSR count). The highest BCUT2D eigenvalue weighted by Gasteiger charge is 2.44. The van der Waals surface area contributed by atoms with Crippen LogP contribution in [0.5, 0.6) is 0 Å². The molecule has 0 saturated carbocycles. The lowest BCUT2D eigenvalue weighted by molar-refractivity contribution is -0.142. The Bertz CT molecular complexity index is 1820. The Labute approximate surface area is 347 Å². The summed E-state index contributed by atoms with van der Waals surface area (Å²) >= 11 is 0. The summed E-state index contributed by atoms with van der Waals surface area (Å²) < 4.78 is 0. The van der Waals surface area contributed by atoms with E-state index in [9.17, 15) is 33.6 Å². The van der Waals surface area contributed by atoms with Gasteiger partial charge >= 0.3 is 0 Å². The third kappa shape index (κ3) is 12.1. The number of hydrogen-bond donors (Lipinski definition) is 7. The topological polar surface area (TPSA) is 210 Å². The second kappa shape index (κ2) is 21.1. The van der Waals surface area contributed by atoms with E-state index in [1.807, 2.05) is 65.0 Å². The molecule has 322 valence electrons. The Balaban J connectivity index is 1.44. The maximum atomic E-state index is 14.2. The number of carbonyl (C=O) groups is 7. The first-order chi connectivity index (χ1) is 27.9. The Morgan fingerprint density at radius 2 is 1.15 bits per heavy atom. The summed E-state index contributed by atoms with van der Waals surface area (Å²) in [6.07, 6.45) is 0.651. The van der Waals surface area contributed by atoms with Gasteiger partial charge in [0.25, 0.3) is 11.8 Å². The SMILES string of the molecule is CN[C@@H](C)C(=O)N[C@H](C(=O)N1CC[C@H](NC(=O)c2cccc(C(=O)N[C@H]3C[C@@H](C(=O)N[C@H](C)c4ccccc4)N(C(=O)[C@@H](NC(=O)[C@H](C)NC)C(C)C)C3)c2)C1)C(C)C. The summed E-state index contributed by atoms with van der Waals surface area (Å²) in [5.41, 5.74) is 1.35. The van der Waals surface area contributed by atoms with Crippen LogP contribution in [0.1, 0.15) is 93.6 Å². The molecule has 2 heterocycles. The Morgan fingerprint density at radius 1 is 0.627 bits per heavy atom. The second-order valence-electron chi connectivity index (χ2n) is 16.4. The van der Waals surface area contributed by atoms with E-state index in [1.165, 1.54) is 11.0 Å². The van der Waals surface area contributed by atoms with Crippen LogP contribution in [0.15, 0.2) is 54.6 Å². The fraction of sp³-hybridized carbons (Fsp3) is 0.558. The minimum absolute atomic E-state index is 0.0238. The van der Waals surface area contributed by atoms with Crippen molar-refractivity contribution in [3.05, 3.63) is 71.3 Å². The first-order valence-electron chi connectivity index (χ1n) is 20.6. The fourth-order valence-corrected chi connectivity index (χ4v) is 7.21. The van der Waals surface area contributed by atoms with Gasteiger partial charge in [0.1, 0.15) is 18.1 Å². The van der Waals surface area contributed by atoms with Gasteiger partial charge < -0.3 is 47.0 Å². The van der Waals surface area contributed by atoms with Gasteiger partial charge in [0.2, 0.25) is 29.5 Å². The Kier molecular flexibility index (Phi) is 16.5. The molecule has 2 aromatic rings. The summed E-state index contributed by atoms with van der Waals surface area (Å²) in [5.74, 6) is -3.00. The third-order valence-electron chi connectivity index (χ3n) is 11.2. The molecule has 0 radical (unpaired) electrons. The summed E-state index contributed by atoms with van der Waals surface area (Å²) in [6.45, 7) is 13.3. The number of rotatable bonds is 17. The van der Waals surface area contributed by atoms with Gasteiger partial charge in [-0.3, -0.25) is 33.6 Å². The van der Waals surface area contributed by atoms with Crippen molar-refractivity contribution in [1.82, 2.24) is 47.0 Å². The summed E-state index contributed by atoms with van der Waals surface area (Å²) in [5, 5.41) is 20.4. The van der Waals surface area contributed by atoms with Crippen molar-refractivity contribution in [2.24, 2.45) is 11.8 Å². The van der Waals surface area contributed by atoms with E-state index in [0.29, 0.717) is 13.0 Å². The van der Waals surface area contributed by atoms with Crippen LogP contribution in [0.3, 0.4) is 0 Å². The van der Waals surface area contributed by atoms with Gasteiger partial charge in [-0.05, 0) is 83.3 Å². The van der Waals surface area contributed by atoms with E-state index < -0.39 is 54.0 Å². The highest BCUT2D eigenvalue weighted by atomic mass is 16.2. The van der Waals surface area contributed by atoms with Crippen molar-refractivity contribution in [3.63, 3.8) is 0 Å². The first kappa shape index (κ1) is 46.3. The Morgan fingerprint density at radius 3 is 1.68 bits per heavy atom. The van der Waals surface area contributed by atoms with Crippen LogP contribution in [0.4, 0.5) is 0 Å². The number of benzene rings is 2. The number of likely N-dealkylation sites (tertiary alicyclic amines) is 2. The van der Waals surface area contributed by atoms with E-state index in [-0.39, 0.29) is 78.2 Å². The highest BCUT2D eigenvalue weighted by molar-refractivity contribution is 6.00. The molecular formula is C43H63N9O7. The number of amides is 7. The molecule has 0 spiro atoms. The molecule has 2 saturated heterocycles. The molecule has 2 aliphatic rings. The summed E-state index contributed by atoms with van der Waals surface area (Å²) in [4.78, 5) is 97.1. The fourth-order valence-electron chi connectivity index (χ4n) is 7.21. The van der Waals surface area contributed by atoms with E-state index in [2.05, 4.69) is 37.2 Å². The van der Waals surface area contributed by atoms with E-state index in [0.717, 1.165) is 5.56 Å². The van der Waals surface area contributed by atoms with Crippen molar-refractivity contribution in [1.29, 1.82) is 0 Å². The molecule has 7 amide bonds. The smallest absolute Gasteiger partial charge is 0.251 e. The van der Waals surface area contributed by atoms with E-state index in [4.69, 9.17) is 0 Å². The molecular weight excluding hydrogens is 755 g/mol. The maximum absolute atomic E-state index is 14.2. The zero-order valence-corrected chi connectivity index (χ0v) is 35.8. The van der Waals surface area contributed by atoms with Gasteiger partial charge in [0.05, 0.1) is 18.1 Å². The van der Waals surface area contributed by atoms with Crippen LogP contribution in [0, 0.1) is 11.8 Å². The average molecular weight is 818 g/mol. The molecule has 7 N–H and O–H groups in total. The molecule has 2 aromatic carbocycles. The second-order valence-corrected chi connectivity index (χ2v) is 16.4. The predicted octanol–water partition coefficient (Wildman–Crippen LogP) is 1.09. The number of hydrogen-bond acceptors (Lipinski definition) is 9. The zero-order chi connectivity index (χ0) is 43.6. The van der Waals surface area contributed by atoms with Crippen molar-refractivity contribution in [2.45, 2.75) is 110 Å². The van der Waals surface area contributed by atoms with Crippen LogP contribution in [-0.4, -0.2) is 127 Å². The molecule has 16 heteroatoms. The third-order valence-corrected chi connectivity index (χ3v) is 11.2. The molecule has 0 aromatic heterocycles. The largest absolute Gasteiger partial charge is 0.348 e. The van der Waals surface area contributed by atoms with Gasteiger partial charge in [0.15, 0.2) is 0 Å². The van der Waals surface area contributed by atoms with Crippen LogP contribution >= 0.6 is 0 Å². The van der Waals surface area contributed by atoms with Gasteiger partial charge in [0, 0.05) is 42.8 Å². The van der Waals surface area contributed by atoms with Crippen molar-refractivity contribution in [3.8, 4) is 0 Å². The molecule has 0 unspecified atom stereocenters. The van der Waals surface area contributed by atoms with Crippen molar-refractivity contribution in [2.75, 3.05) is 33.7 Å². The summed E-state index contributed by atoms with van der Waals surface area (Å²) in [6, 6.07) is 10.8. The monoisotopic (exact) mass is 817 g/mol. The van der Waals surface area contributed by atoms with Crippen molar-refractivity contribution >= 4 is 41.4 Å². The van der Waals surface area contributed by atoms with Gasteiger partial charge in [-0.25, -0.2) is 0 Å². The van der Waals surface area contributed by atoms with Crippen molar-refractivity contribution < 1.29 is 33.6 Å². The van der Waals surface area contributed by atoms with Crippen LogP contribution in [0.2, 0.25) is 0 Å². The lowest BCUT2D eigenvalue weighted by Crippen LogP contribution is -2.57. The summed E-state index contributed by atoms with van der Waals surface area (Å²) in [7, 11) is 3.32. The molecule has 2 fully saturated rings. The minimum atomic E-state index is -0.933. The zero-order valence-electron chi connectivity index (χ0n) is 35.8. The van der Waals surface area contributed by atoms with Crippen LogP contribution in [0.25, 0.3) is 0 Å². The Hall–Kier alpha value is -5.35. The maximum Gasteiger partial charge on any atom is 0.251 e. The highest BCUT2D eigenvalue weighted by Crippen LogP contribution is 2.24. The van der Waals surface area contributed by atoms with Gasteiger partial charge in [-0.15, -0.1) is 0 Å². The minimum Gasteiger partial charge on any atom is -0.348 e. The normalized spacial score (nSPS) is 20.3. The number of nitrogens with zero attached hydrogens (tertiary/aromatic N) is 2. The lowest BCUT2D eigenvalue weighted by atomic mass is 10.0. The van der Waals surface area contributed by atoms with E-state index in [1.54, 1.807) is 51.0 Å². The van der Waals surface area contributed by atoms with E-state index >= 15 is 0 Å². The number of likely N-dealkylation sites (N-methyl/N-ethyl adjacent to an activating group) is 2. The van der Waals surface area contributed by atoms with Gasteiger partial charge in [-0.2, -0.15) is 0 Å². The first-order valence-corrected chi connectivity index (χ1v) is 20.6. The van der Waals surface area contributed by atoms with Crippen LogP contribution < -0.4 is 37.2 Å². The predicted molar refractivity (Wildman–Crippen MR) is 224 cm³/mol. The molecule has 16 nitrogen and oxygen atoms in total. The quantitative estimate of drug-likeness (QED) is 0.122. The van der Waals surface area contributed by atoms with Gasteiger partial charge in [-0.1, -0.05) is 64.1 Å². The number of nitrogens with one attached hydrogen (secondary N) is 7. The lowest BCUT2D eigenvalue weighted by Gasteiger charge is -2.31. The molecule has 2 aliphatic heterocycles. The average Bonchev–Trinajstić information content (AvgIpc) is 3.88. The molecule has 0 aliphatic carbocycles. The number of carbonyl (C=O) groups excluding carboxylic acids is 7. The van der Waals surface area contributed by atoms with Crippen LogP contribution in [-0.2, 0) is 24.0 Å². The molecule has 8 atom stereocenters. The molecule has 59 heavy (non-hydrogen) atoms. The standard InChI is InChI=1S/C43H63N9O7/c1-24(2)35(49-37(53)27(6)44-8)42(58)51-19-18-32(22-51)47-39(55)30-16-13-17-31(20-30)40(56)48-33-21-34(41(57)46-26(5)29-14-11-10-12-15-29)52(23-33)43(59)36(25(3)4)50-38(54)28(7)45-9/h10-17,20,24-28,32-36,44-45H,18-19,21-23H2,1-9H3,(H,46,57)(H,47,55)(H,48,56)(H,49,53)(H,50,54)/t26-,27+,28+,32+,33+,34+,35+,36+/m1/s1.